The van der Waals surface area contributed by atoms with Crippen LogP contribution in [0.4, 0.5) is 0 Å². The van der Waals surface area contributed by atoms with Crippen molar-refractivity contribution in [1.29, 1.82) is 0 Å². The van der Waals surface area contributed by atoms with E-state index in [0.29, 0.717) is 0 Å². The fraction of sp³-hybridized carbons (Fsp3) is 0.583. The molecule has 74 valence electrons. The van der Waals surface area contributed by atoms with Crippen molar-refractivity contribution in [2.24, 2.45) is 11.8 Å². The van der Waals surface area contributed by atoms with Gasteiger partial charge in [-0.2, -0.15) is 0 Å². The Labute approximate surface area is 89.3 Å². The summed E-state index contributed by atoms with van der Waals surface area (Å²) in [6.45, 7) is 0. The van der Waals surface area contributed by atoms with Crippen LogP contribution in [0.3, 0.4) is 0 Å². The van der Waals surface area contributed by atoms with E-state index in [4.69, 9.17) is 0 Å². The lowest BCUT2D eigenvalue weighted by Gasteiger charge is -2.20. The van der Waals surface area contributed by atoms with Gasteiger partial charge in [-0.3, -0.25) is 0 Å². The van der Waals surface area contributed by atoms with Gasteiger partial charge in [0.2, 0.25) is 0 Å². The summed E-state index contributed by atoms with van der Waals surface area (Å²) in [5.41, 5.74) is 0. The highest BCUT2D eigenvalue weighted by molar-refractivity contribution is 7.99. The average molecular weight is 205 g/mol. The minimum absolute atomic E-state index is 0.864. The van der Waals surface area contributed by atoms with Crippen molar-refractivity contribution >= 4 is 11.8 Å². The number of hydrogen-bond donors (Lipinski definition) is 0. The maximum Gasteiger partial charge on any atom is 0.0962 e. The lowest BCUT2D eigenvalue weighted by atomic mass is 10.0. The SMILES string of the molecule is c1ccc(SC2CC3CCC2C3)nc1. The van der Waals surface area contributed by atoms with Gasteiger partial charge in [-0.05, 0) is 43.2 Å². The monoisotopic (exact) mass is 205 g/mol. The largest absolute Gasteiger partial charge is 0.250 e. The molecule has 1 nitrogen and oxygen atoms in total. The molecule has 2 bridgehead atoms. The van der Waals surface area contributed by atoms with E-state index in [-0.39, 0.29) is 0 Å². The Kier molecular flexibility index (Phi) is 2.24. The highest BCUT2D eigenvalue weighted by atomic mass is 32.2. The Morgan fingerprint density at radius 1 is 1.21 bits per heavy atom. The lowest BCUT2D eigenvalue weighted by molar-refractivity contribution is 0.492. The Hall–Kier alpha value is -0.500. The predicted octanol–water partition coefficient (Wildman–Crippen LogP) is 3.36. The van der Waals surface area contributed by atoms with E-state index in [1.54, 1.807) is 0 Å². The molecule has 1 heterocycles. The van der Waals surface area contributed by atoms with E-state index in [1.807, 2.05) is 24.0 Å². The molecule has 2 fully saturated rings. The first kappa shape index (κ1) is 8.78. The third-order valence-corrected chi connectivity index (χ3v) is 4.95. The van der Waals surface area contributed by atoms with Gasteiger partial charge in [0, 0.05) is 11.4 Å². The number of aromatic nitrogens is 1. The molecule has 0 spiro atoms. The molecule has 3 rings (SSSR count). The van der Waals surface area contributed by atoms with Crippen LogP contribution in [-0.2, 0) is 0 Å². The van der Waals surface area contributed by atoms with E-state index < -0.39 is 0 Å². The minimum atomic E-state index is 0.864. The van der Waals surface area contributed by atoms with E-state index in [1.165, 1.54) is 30.7 Å². The van der Waals surface area contributed by atoms with Crippen LogP contribution in [0.25, 0.3) is 0 Å². The van der Waals surface area contributed by atoms with Crippen LogP contribution in [0, 0.1) is 11.8 Å². The number of nitrogens with zero attached hydrogens (tertiary/aromatic N) is 1. The predicted molar refractivity (Wildman–Crippen MR) is 59.3 cm³/mol. The number of thioether (sulfide) groups is 1. The number of fused-ring (bicyclic) bond motifs is 2. The summed E-state index contributed by atoms with van der Waals surface area (Å²) in [7, 11) is 0. The summed E-state index contributed by atoms with van der Waals surface area (Å²) in [6, 6.07) is 6.21. The molecule has 0 amide bonds. The zero-order valence-corrected chi connectivity index (χ0v) is 9.04. The van der Waals surface area contributed by atoms with Crippen LogP contribution >= 0.6 is 11.8 Å². The molecule has 2 aliphatic carbocycles. The molecule has 3 unspecified atom stereocenters. The molecule has 0 N–H and O–H groups in total. The second kappa shape index (κ2) is 3.58. The minimum Gasteiger partial charge on any atom is -0.250 e. The van der Waals surface area contributed by atoms with E-state index in [2.05, 4.69) is 17.1 Å². The molecule has 2 heteroatoms. The van der Waals surface area contributed by atoms with Gasteiger partial charge in [-0.25, -0.2) is 4.98 Å². The van der Waals surface area contributed by atoms with Crippen LogP contribution < -0.4 is 0 Å². The fourth-order valence-corrected chi connectivity index (χ4v) is 4.30. The molecule has 14 heavy (non-hydrogen) atoms. The van der Waals surface area contributed by atoms with Gasteiger partial charge in [0.1, 0.15) is 0 Å². The molecule has 3 atom stereocenters. The van der Waals surface area contributed by atoms with Gasteiger partial charge in [0.05, 0.1) is 5.03 Å². The second-order valence-electron chi connectivity index (χ2n) is 4.50. The van der Waals surface area contributed by atoms with E-state index >= 15 is 0 Å². The molecular formula is C12H15NS. The maximum absolute atomic E-state index is 4.39. The molecule has 2 aliphatic rings. The topological polar surface area (TPSA) is 12.9 Å². The van der Waals surface area contributed by atoms with Crippen molar-refractivity contribution in [3.63, 3.8) is 0 Å². The smallest absolute Gasteiger partial charge is 0.0962 e. The van der Waals surface area contributed by atoms with Gasteiger partial charge in [-0.15, -0.1) is 11.8 Å². The van der Waals surface area contributed by atoms with E-state index in [9.17, 15) is 0 Å². The summed E-state index contributed by atoms with van der Waals surface area (Å²) < 4.78 is 0. The van der Waals surface area contributed by atoms with Crippen LogP contribution in [0.1, 0.15) is 25.7 Å². The fourth-order valence-electron chi connectivity index (χ4n) is 2.90. The van der Waals surface area contributed by atoms with Crippen molar-refractivity contribution in [3.8, 4) is 0 Å². The zero-order valence-electron chi connectivity index (χ0n) is 8.23. The summed E-state index contributed by atoms with van der Waals surface area (Å²) in [4.78, 5) is 4.39. The van der Waals surface area contributed by atoms with Gasteiger partial charge >= 0.3 is 0 Å². The average Bonchev–Trinajstić information content (AvgIpc) is 2.81. The van der Waals surface area contributed by atoms with Gasteiger partial charge in [0.15, 0.2) is 0 Å². The first-order valence-corrected chi connectivity index (χ1v) is 6.37. The molecule has 0 aromatic carbocycles. The Bertz CT molecular complexity index is 311. The molecule has 1 aromatic heterocycles. The lowest BCUT2D eigenvalue weighted by Crippen LogP contribution is -2.12. The molecule has 1 aromatic rings. The van der Waals surface area contributed by atoms with Gasteiger partial charge in [-0.1, -0.05) is 12.5 Å². The van der Waals surface area contributed by atoms with Crippen molar-refractivity contribution in [2.45, 2.75) is 36.0 Å². The summed E-state index contributed by atoms with van der Waals surface area (Å²) in [5, 5.41) is 2.08. The first-order chi connectivity index (χ1) is 6.92. The third kappa shape index (κ3) is 1.56. The van der Waals surface area contributed by atoms with Crippen LogP contribution in [-0.4, -0.2) is 10.2 Å². The normalized spacial score (nSPS) is 35.0. The number of rotatable bonds is 2. The molecule has 0 saturated heterocycles. The second-order valence-corrected chi connectivity index (χ2v) is 5.76. The summed E-state index contributed by atoms with van der Waals surface area (Å²) in [5.74, 6) is 2.04. The summed E-state index contributed by atoms with van der Waals surface area (Å²) >= 11 is 2.00. The quantitative estimate of drug-likeness (QED) is 0.734. The summed E-state index contributed by atoms with van der Waals surface area (Å²) in [6.07, 6.45) is 7.78. The van der Waals surface area contributed by atoms with Crippen molar-refractivity contribution in [2.75, 3.05) is 0 Å². The zero-order chi connectivity index (χ0) is 9.38. The Balaban J connectivity index is 1.69. The first-order valence-electron chi connectivity index (χ1n) is 5.49. The highest BCUT2D eigenvalue weighted by Gasteiger charge is 2.39. The maximum atomic E-state index is 4.39. The van der Waals surface area contributed by atoms with Crippen molar-refractivity contribution < 1.29 is 0 Å². The molecule has 2 saturated carbocycles. The van der Waals surface area contributed by atoms with Gasteiger partial charge in [0.25, 0.3) is 0 Å². The highest BCUT2D eigenvalue weighted by Crippen LogP contribution is 2.50. The van der Waals surface area contributed by atoms with Crippen molar-refractivity contribution in [3.05, 3.63) is 24.4 Å². The Morgan fingerprint density at radius 3 is 2.86 bits per heavy atom. The van der Waals surface area contributed by atoms with Crippen LogP contribution in [0.15, 0.2) is 29.4 Å². The van der Waals surface area contributed by atoms with Crippen molar-refractivity contribution in [1.82, 2.24) is 4.98 Å². The number of pyridine rings is 1. The van der Waals surface area contributed by atoms with Crippen LogP contribution in [0.2, 0.25) is 0 Å². The molecular weight excluding hydrogens is 190 g/mol. The Morgan fingerprint density at radius 2 is 2.21 bits per heavy atom. The van der Waals surface area contributed by atoms with Gasteiger partial charge < -0.3 is 0 Å². The van der Waals surface area contributed by atoms with Crippen LogP contribution in [0.5, 0.6) is 0 Å². The number of hydrogen-bond acceptors (Lipinski definition) is 2. The third-order valence-electron chi connectivity index (χ3n) is 3.58. The van der Waals surface area contributed by atoms with E-state index in [0.717, 1.165) is 17.1 Å². The molecule has 0 aliphatic heterocycles. The molecule has 0 radical (unpaired) electrons. The standard InChI is InChI=1S/C12H15NS/c1-2-6-13-12(3-1)14-11-8-9-4-5-10(11)7-9/h1-3,6,9-11H,4-5,7-8H2.